The lowest BCUT2D eigenvalue weighted by molar-refractivity contribution is 0.627. The van der Waals surface area contributed by atoms with Crippen LogP contribution in [0, 0.1) is 11.2 Å². The quantitative estimate of drug-likeness (QED) is 0.479. The molecule has 0 atom stereocenters. The molecule has 136 valence electrons. The average Bonchev–Trinajstić information content (AvgIpc) is 2.68. The third-order valence-electron chi connectivity index (χ3n) is 3.63. The van der Waals surface area contributed by atoms with Crippen molar-refractivity contribution in [2.75, 3.05) is 10.6 Å². The maximum atomic E-state index is 13.0. The van der Waals surface area contributed by atoms with Gasteiger partial charge in [0.15, 0.2) is 0 Å². The van der Waals surface area contributed by atoms with Crippen molar-refractivity contribution in [1.82, 2.24) is 15.0 Å². The van der Waals surface area contributed by atoms with Crippen LogP contribution in [-0.2, 0) is 6.54 Å². The van der Waals surface area contributed by atoms with Crippen molar-refractivity contribution in [3.63, 3.8) is 0 Å². The van der Waals surface area contributed by atoms with Crippen LogP contribution in [0.1, 0.15) is 11.1 Å². The van der Waals surface area contributed by atoms with Crippen molar-refractivity contribution < 1.29 is 4.39 Å². The second-order valence-electron chi connectivity index (χ2n) is 5.61. The van der Waals surface area contributed by atoms with Crippen molar-refractivity contribution in [2.24, 2.45) is 5.73 Å². The lowest BCUT2D eigenvalue weighted by Crippen LogP contribution is -2.06. The van der Waals surface area contributed by atoms with Gasteiger partial charge in [-0.2, -0.15) is 0 Å². The second kappa shape index (κ2) is 8.52. The van der Waals surface area contributed by atoms with Crippen LogP contribution in [0.4, 0.5) is 21.8 Å². The summed E-state index contributed by atoms with van der Waals surface area (Å²) in [5.74, 6) is 1.36. The fraction of sp³-hybridized carbons (Fsp3) is 0.0526. The molecule has 0 aliphatic carbocycles. The number of pyridine rings is 1. The molecule has 8 heteroatoms. The number of aromatic nitrogens is 3. The molecule has 2 aromatic heterocycles. The molecule has 5 N–H and O–H groups in total. The summed E-state index contributed by atoms with van der Waals surface area (Å²) < 4.78 is 13.0. The third kappa shape index (κ3) is 5.08. The van der Waals surface area contributed by atoms with E-state index in [0.29, 0.717) is 35.3 Å². The molecule has 27 heavy (non-hydrogen) atoms. The summed E-state index contributed by atoms with van der Waals surface area (Å²) in [5.41, 5.74) is 8.06. The van der Waals surface area contributed by atoms with Crippen molar-refractivity contribution in [2.45, 2.75) is 6.54 Å². The number of nitrogens with one attached hydrogen (secondary N) is 3. The van der Waals surface area contributed by atoms with Gasteiger partial charge in [-0.05, 0) is 35.9 Å². The van der Waals surface area contributed by atoms with Gasteiger partial charge in [0.2, 0.25) is 0 Å². The summed E-state index contributed by atoms with van der Waals surface area (Å²) in [6.07, 6.45) is 7.35. The van der Waals surface area contributed by atoms with Crippen molar-refractivity contribution in [3.8, 4) is 0 Å². The van der Waals surface area contributed by atoms with Crippen LogP contribution in [0.5, 0.6) is 0 Å². The second-order valence-corrected chi connectivity index (χ2v) is 5.61. The van der Waals surface area contributed by atoms with Gasteiger partial charge >= 0.3 is 0 Å². The molecule has 3 rings (SSSR count). The molecule has 0 amide bonds. The van der Waals surface area contributed by atoms with Crippen LogP contribution in [0.15, 0.2) is 61.1 Å². The summed E-state index contributed by atoms with van der Waals surface area (Å²) in [7, 11) is 0. The molecule has 0 radical (unpaired) electrons. The Bertz CT molecular complexity index is 940. The van der Waals surface area contributed by atoms with E-state index in [2.05, 4.69) is 25.6 Å². The van der Waals surface area contributed by atoms with E-state index in [1.54, 1.807) is 42.9 Å². The Labute approximate surface area is 155 Å². The molecule has 0 fully saturated rings. The van der Waals surface area contributed by atoms with Crippen molar-refractivity contribution in [3.05, 3.63) is 78.0 Å². The molecule has 2 heterocycles. The van der Waals surface area contributed by atoms with Gasteiger partial charge in [0.1, 0.15) is 23.3 Å². The fourth-order valence-corrected chi connectivity index (χ4v) is 2.33. The first-order valence-corrected chi connectivity index (χ1v) is 8.14. The number of anilines is 3. The maximum Gasteiger partial charge on any atom is 0.150 e. The van der Waals surface area contributed by atoms with E-state index >= 15 is 0 Å². The molecular weight excluding hydrogens is 345 g/mol. The molecule has 3 aromatic rings. The predicted octanol–water partition coefficient (Wildman–Crippen LogP) is 3.32. The maximum absolute atomic E-state index is 13.0. The topological polar surface area (TPSA) is 113 Å². The number of hydrogen-bond donors (Lipinski definition) is 4. The summed E-state index contributed by atoms with van der Waals surface area (Å²) in [6, 6.07) is 9.76. The minimum absolute atomic E-state index is 0.279. The zero-order valence-electron chi connectivity index (χ0n) is 14.4. The van der Waals surface area contributed by atoms with Gasteiger partial charge in [-0.1, -0.05) is 12.1 Å². The molecule has 0 aliphatic rings. The Hall–Kier alpha value is -3.81. The van der Waals surface area contributed by atoms with E-state index in [0.717, 1.165) is 11.8 Å². The van der Waals surface area contributed by atoms with E-state index in [4.69, 9.17) is 11.1 Å². The van der Waals surface area contributed by atoms with E-state index in [1.807, 2.05) is 0 Å². The van der Waals surface area contributed by atoms with Gasteiger partial charge in [-0.15, -0.1) is 0 Å². The van der Waals surface area contributed by atoms with Crippen LogP contribution >= 0.6 is 0 Å². The lowest BCUT2D eigenvalue weighted by Gasteiger charge is -2.12. The van der Waals surface area contributed by atoms with Gasteiger partial charge < -0.3 is 21.8 Å². The average molecular weight is 363 g/mol. The highest BCUT2D eigenvalue weighted by molar-refractivity contribution is 5.82. The number of rotatable bonds is 7. The molecule has 0 saturated carbocycles. The van der Waals surface area contributed by atoms with Crippen LogP contribution in [0.25, 0.3) is 5.70 Å². The first-order valence-electron chi connectivity index (χ1n) is 8.14. The Morgan fingerprint density at radius 1 is 1.11 bits per heavy atom. The molecule has 0 aliphatic heterocycles. The van der Waals surface area contributed by atoms with Gasteiger partial charge in [0, 0.05) is 36.4 Å². The molecule has 1 aromatic carbocycles. The minimum Gasteiger partial charge on any atom is -0.398 e. The zero-order valence-corrected chi connectivity index (χ0v) is 14.4. The molecular formula is C19H18FN7. The molecule has 0 unspecified atom stereocenters. The predicted molar refractivity (Wildman–Crippen MR) is 104 cm³/mol. The van der Waals surface area contributed by atoms with Gasteiger partial charge in [0.05, 0.1) is 6.20 Å². The first-order chi connectivity index (χ1) is 13.1. The number of benzene rings is 1. The minimum atomic E-state index is -0.279. The number of hydrogen-bond acceptors (Lipinski definition) is 7. The summed E-state index contributed by atoms with van der Waals surface area (Å²) in [5, 5.41) is 13.5. The van der Waals surface area contributed by atoms with E-state index < -0.39 is 0 Å². The van der Waals surface area contributed by atoms with Crippen LogP contribution in [0.3, 0.4) is 0 Å². The van der Waals surface area contributed by atoms with Crippen molar-refractivity contribution in [1.29, 1.82) is 5.41 Å². The Morgan fingerprint density at radius 3 is 2.59 bits per heavy atom. The normalized spacial score (nSPS) is 11.1. The number of halogens is 1. The molecule has 0 spiro atoms. The molecule has 0 saturated heterocycles. The van der Waals surface area contributed by atoms with Gasteiger partial charge in [0.25, 0.3) is 0 Å². The monoisotopic (exact) mass is 363 g/mol. The molecule has 0 bridgehead atoms. The van der Waals surface area contributed by atoms with Gasteiger partial charge in [-0.3, -0.25) is 4.98 Å². The van der Waals surface area contributed by atoms with Gasteiger partial charge in [-0.25, -0.2) is 14.4 Å². The molecule has 7 nitrogen and oxygen atoms in total. The fourth-order valence-electron chi connectivity index (χ4n) is 2.33. The van der Waals surface area contributed by atoms with E-state index in [1.165, 1.54) is 18.2 Å². The SMILES string of the molecule is N=C/C=C(\N)c1cc(NCc2ccc(F)cc2)nc(Nc2cnccn2)c1. The number of nitrogens with zero attached hydrogens (tertiary/aromatic N) is 3. The van der Waals surface area contributed by atoms with Crippen LogP contribution in [-0.4, -0.2) is 21.2 Å². The number of nitrogens with two attached hydrogens (primary N) is 1. The Kier molecular flexibility index (Phi) is 5.68. The smallest absolute Gasteiger partial charge is 0.150 e. The van der Waals surface area contributed by atoms with E-state index in [9.17, 15) is 4.39 Å². The largest absolute Gasteiger partial charge is 0.398 e. The highest BCUT2D eigenvalue weighted by atomic mass is 19.1. The highest BCUT2D eigenvalue weighted by Crippen LogP contribution is 2.21. The van der Waals surface area contributed by atoms with Crippen LogP contribution < -0.4 is 16.4 Å². The van der Waals surface area contributed by atoms with Crippen molar-refractivity contribution >= 4 is 29.4 Å². The van der Waals surface area contributed by atoms with E-state index in [-0.39, 0.29) is 5.82 Å². The summed E-state index contributed by atoms with van der Waals surface area (Å²) in [4.78, 5) is 12.7. The summed E-state index contributed by atoms with van der Waals surface area (Å²) in [6.45, 7) is 0.468. The standard InChI is InChI=1S/C19H18FN7/c20-15-3-1-13(2-4-15)11-25-17-9-14(16(22)5-6-21)10-18(26-17)27-19-12-23-7-8-24-19/h1-10,12,21H,11,22H2,(H2,24,25,26,27)/b16-5-,21-6?. The Balaban J connectivity index is 1.85. The number of allylic oxidation sites excluding steroid dienone is 1. The Morgan fingerprint density at radius 2 is 1.89 bits per heavy atom. The zero-order chi connectivity index (χ0) is 19.1. The lowest BCUT2D eigenvalue weighted by atomic mass is 10.1. The third-order valence-corrected chi connectivity index (χ3v) is 3.63. The van der Waals surface area contributed by atoms with Crippen LogP contribution in [0.2, 0.25) is 0 Å². The highest BCUT2D eigenvalue weighted by Gasteiger charge is 2.06. The first kappa shape index (κ1) is 18.0. The summed E-state index contributed by atoms with van der Waals surface area (Å²) >= 11 is 0.